The molecule has 246 valence electrons. The van der Waals surface area contributed by atoms with E-state index < -0.39 is 0 Å². The van der Waals surface area contributed by atoms with Gasteiger partial charge in [-0.05, 0) is 79.9 Å². The Labute approximate surface area is 304 Å². The molecule has 0 radical (unpaired) electrons. The molecular formula is C43H39N5Pt. The molecule has 2 aromatic heterocycles. The topological polar surface area (TPSA) is 38.9 Å². The predicted octanol–water partition coefficient (Wildman–Crippen LogP) is 10.8. The van der Waals surface area contributed by atoms with Gasteiger partial charge in [0.25, 0.3) is 0 Å². The number of para-hydroxylation sites is 2. The van der Waals surface area contributed by atoms with Gasteiger partial charge in [0.1, 0.15) is 0 Å². The average Bonchev–Trinajstić information content (AvgIpc) is 3.74. The minimum absolute atomic E-state index is 0. The Morgan fingerprint density at radius 1 is 0.714 bits per heavy atom. The molecule has 7 aromatic rings. The second-order valence-electron chi connectivity index (χ2n) is 12.7. The van der Waals surface area contributed by atoms with Crippen LogP contribution in [0.25, 0.3) is 34.0 Å². The molecule has 0 saturated carbocycles. The minimum atomic E-state index is 0. The molecular weight excluding hydrogens is 782 g/mol. The monoisotopic (exact) mass is 820 g/mol. The van der Waals surface area contributed by atoms with Crippen LogP contribution in [-0.2, 0) is 21.1 Å². The Hall–Kier alpha value is -4.99. The molecule has 5 aromatic carbocycles. The first-order chi connectivity index (χ1) is 23.3. The smallest absolute Gasteiger partial charge is 0.340 e. The van der Waals surface area contributed by atoms with Gasteiger partial charge >= 0.3 is 21.1 Å². The van der Waals surface area contributed by atoms with E-state index in [1.807, 2.05) is 36.7 Å². The fraction of sp³-hybridized carbons (Fsp3) is 0.163. The van der Waals surface area contributed by atoms with Gasteiger partial charge < -0.3 is 4.57 Å². The van der Waals surface area contributed by atoms with Crippen LogP contribution in [0.3, 0.4) is 0 Å². The maximum absolute atomic E-state index is 5.37. The number of nitrogens with zero attached hydrogens (tertiary/aromatic N) is 5. The number of benzene rings is 5. The van der Waals surface area contributed by atoms with Crippen LogP contribution < -0.4 is 4.90 Å². The van der Waals surface area contributed by atoms with Crippen LogP contribution in [0.5, 0.6) is 0 Å². The summed E-state index contributed by atoms with van der Waals surface area (Å²) in [5.74, 6) is 1.92. The van der Waals surface area contributed by atoms with Crippen LogP contribution in [0, 0.1) is 39.8 Å². The Morgan fingerprint density at radius 3 is 2.14 bits per heavy atom. The molecule has 0 spiro atoms. The zero-order chi connectivity index (χ0) is 33.4. The van der Waals surface area contributed by atoms with Gasteiger partial charge in [0.2, 0.25) is 5.95 Å². The van der Waals surface area contributed by atoms with Crippen molar-refractivity contribution < 1.29 is 21.1 Å². The molecule has 0 aliphatic heterocycles. The van der Waals surface area contributed by atoms with Gasteiger partial charge in [-0.15, -0.1) is 65.7 Å². The average molecular weight is 821 g/mol. The number of aromatic nitrogens is 4. The van der Waals surface area contributed by atoms with Gasteiger partial charge in [0.15, 0.2) is 0 Å². The second kappa shape index (κ2) is 14.2. The van der Waals surface area contributed by atoms with E-state index in [1.165, 1.54) is 27.8 Å². The molecule has 0 saturated heterocycles. The second-order valence-corrected chi connectivity index (χ2v) is 12.7. The van der Waals surface area contributed by atoms with Gasteiger partial charge in [-0.3, -0.25) is 19.4 Å². The van der Waals surface area contributed by atoms with E-state index in [1.54, 1.807) is 0 Å². The first-order valence-corrected chi connectivity index (χ1v) is 16.5. The summed E-state index contributed by atoms with van der Waals surface area (Å²) in [5.41, 5.74) is 12.9. The molecule has 0 fully saturated rings. The molecule has 0 aliphatic carbocycles. The predicted molar refractivity (Wildman–Crippen MR) is 197 cm³/mol. The van der Waals surface area contributed by atoms with E-state index in [4.69, 9.17) is 9.97 Å². The summed E-state index contributed by atoms with van der Waals surface area (Å²) >= 11 is 0. The first kappa shape index (κ1) is 33.9. The van der Waals surface area contributed by atoms with Crippen molar-refractivity contribution in [2.24, 2.45) is 0 Å². The van der Waals surface area contributed by atoms with Crippen molar-refractivity contribution in [3.8, 4) is 34.0 Å². The van der Waals surface area contributed by atoms with Crippen molar-refractivity contribution in [1.29, 1.82) is 0 Å². The number of hydrogen-bond donors (Lipinski definition) is 0. The van der Waals surface area contributed by atoms with Crippen molar-refractivity contribution in [3.63, 3.8) is 0 Å². The summed E-state index contributed by atoms with van der Waals surface area (Å²) in [7, 11) is 0. The van der Waals surface area contributed by atoms with Gasteiger partial charge in [-0.25, -0.2) is 0 Å². The molecule has 6 heteroatoms. The third-order valence-corrected chi connectivity index (χ3v) is 8.81. The summed E-state index contributed by atoms with van der Waals surface area (Å²) in [6, 6.07) is 42.8. The molecule has 49 heavy (non-hydrogen) atoms. The van der Waals surface area contributed by atoms with Gasteiger partial charge in [-0.2, -0.15) is 0 Å². The van der Waals surface area contributed by atoms with Gasteiger partial charge in [-0.1, -0.05) is 67.9 Å². The van der Waals surface area contributed by atoms with Crippen LogP contribution in [0.15, 0.2) is 122 Å². The largest absolute Gasteiger partial charge is 2.00 e. The maximum atomic E-state index is 5.37. The molecule has 0 aliphatic rings. The summed E-state index contributed by atoms with van der Waals surface area (Å²) < 4.78 is 4.42. The normalized spacial score (nSPS) is 11.1. The molecule has 0 unspecified atom stereocenters. The Morgan fingerprint density at radius 2 is 1.43 bits per heavy atom. The fourth-order valence-electron chi connectivity index (χ4n) is 6.66. The quantitative estimate of drug-likeness (QED) is 0.143. The zero-order valence-corrected chi connectivity index (χ0v) is 30.9. The van der Waals surface area contributed by atoms with E-state index in [0.717, 1.165) is 51.3 Å². The third kappa shape index (κ3) is 6.56. The Balaban J connectivity index is 0.00000417. The van der Waals surface area contributed by atoms with E-state index in [0.29, 0.717) is 5.92 Å². The van der Waals surface area contributed by atoms with Crippen LogP contribution in [0.2, 0.25) is 0 Å². The molecule has 0 atom stereocenters. The zero-order valence-electron chi connectivity index (χ0n) is 28.7. The summed E-state index contributed by atoms with van der Waals surface area (Å²) in [5, 5.41) is 0. The van der Waals surface area contributed by atoms with E-state index in [2.05, 4.69) is 153 Å². The fourth-order valence-corrected chi connectivity index (χ4v) is 6.66. The Bertz CT molecular complexity index is 2190. The van der Waals surface area contributed by atoms with Crippen LogP contribution in [-0.4, -0.2) is 19.1 Å². The SMILES string of the molecule is Cc1cc(C)c(-n2cc(-c3[c-]cccc3)nc2N(c2[c-]c(-c3nccn3-c3c(C)cccc3C)ccc2)c2ccccc2)c(C(C)C)c1.[Pt+2]. The van der Waals surface area contributed by atoms with E-state index in [9.17, 15) is 0 Å². The van der Waals surface area contributed by atoms with Crippen LogP contribution in [0.1, 0.15) is 47.6 Å². The van der Waals surface area contributed by atoms with Crippen LogP contribution in [0.4, 0.5) is 17.3 Å². The third-order valence-electron chi connectivity index (χ3n) is 8.81. The Kier molecular flexibility index (Phi) is 9.85. The van der Waals surface area contributed by atoms with Crippen molar-refractivity contribution in [1.82, 2.24) is 19.1 Å². The molecule has 5 nitrogen and oxygen atoms in total. The number of anilines is 3. The first-order valence-electron chi connectivity index (χ1n) is 16.5. The maximum Gasteiger partial charge on any atom is 2.00 e. The van der Waals surface area contributed by atoms with Gasteiger partial charge in [0, 0.05) is 29.5 Å². The van der Waals surface area contributed by atoms with Crippen molar-refractivity contribution >= 4 is 17.3 Å². The number of imidazole rings is 2. The molecule has 0 N–H and O–H groups in total. The molecule has 7 rings (SSSR count). The summed E-state index contributed by atoms with van der Waals surface area (Å²) in [4.78, 5) is 12.4. The number of aryl methyl sites for hydroxylation is 4. The van der Waals surface area contributed by atoms with E-state index >= 15 is 0 Å². The standard InChI is InChI=1S/C43H39N5.Pt/c1-29(2)38-26-30(3)25-33(6)41(38)47-28-39(34-17-9-7-10-18-34)45-43(47)48(36-20-11-8-12-21-36)37-22-14-19-35(27-37)42-44-23-24-46(42)40-31(4)15-13-16-32(40)5;/h7-17,19-26,28-29H,1-6H3;/q-2;+2. The van der Waals surface area contributed by atoms with Gasteiger partial charge in [0.05, 0.1) is 11.5 Å². The van der Waals surface area contributed by atoms with Crippen LogP contribution >= 0.6 is 0 Å². The van der Waals surface area contributed by atoms with E-state index in [-0.39, 0.29) is 21.1 Å². The summed E-state index contributed by atoms with van der Waals surface area (Å²) in [6.45, 7) is 13.2. The number of rotatable bonds is 8. The minimum Gasteiger partial charge on any atom is -0.340 e. The van der Waals surface area contributed by atoms with Crippen molar-refractivity contribution in [2.45, 2.75) is 47.5 Å². The number of hydrogen-bond acceptors (Lipinski definition) is 3. The van der Waals surface area contributed by atoms with Crippen molar-refractivity contribution in [3.05, 3.63) is 162 Å². The molecule has 0 amide bonds. The van der Waals surface area contributed by atoms with Crippen molar-refractivity contribution in [2.75, 3.05) is 4.90 Å². The molecule has 0 bridgehead atoms. The molecule has 2 heterocycles. The summed E-state index contributed by atoms with van der Waals surface area (Å²) in [6.07, 6.45) is 6.04.